The molecular weight excluding hydrogens is 354 g/mol. The molecule has 4 nitrogen and oxygen atoms in total. The molecule has 1 atom stereocenters. The number of thiol groups is 1. The van der Waals surface area contributed by atoms with Crippen molar-refractivity contribution >= 4 is 32.5 Å². The normalized spacial score (nSPS) is 17.2. The Balaban J connectivity index is 2.19. The predicted molar refractivity (Wildman–Crippen MR) is 86.7 cm³/mol. The van der Waals surface area contributed by atoms with Gasteiger partial charge < -0.3 is 5.73 Å². The third-order valence-electron chi connectivity index (χ3n) is 4.17. The highest BCUT2D eigenvalue weighted by Gasteiger charge is 2.25. The van der Waals surface area contributed by atoms with Crippen LogP contribution >= 0.6 is 15.9 Å². The summed E-state index contributed by atoms with van der Waals surface area (Å²) in [4.78, 5) is 11.8. The fourth-order valence-corrected chi connectivity index (χ4v) is 4.35. The van der Waals surface area contributed by atoms with Crippen LogP contribution in [0.15, 0.2) is 22.7 Å². The summed E-state index contributed by atoms with van der Waals surface area (Å²) < 4.78 is 22.4. The monoisotopic (exact) mass is 373 g/mol. The zero-order valence-corrected chi connectivity index (χ0v) is 14.2. The number of hydrogen-bond acceptors (Lipinski definition) is 3. The van der Waals surface area contributed by atoms with Crippen molar-refractivity contribution in [3.05, 3.63) is 33.8 Å². The van der Waals surface area contributed by atoms with Gasteiger partial charge in [0.05, 0.1) is 11.7 Å². The van der Waals surface area contributed by atoms with Gasteiger partial charge in [0.1, 0.15) is 10.7 Å². The molecule has 1 aromatic carbocycles. The lowest BCUT2D eigenvalue weighted by atomic mass is 9.87. The van der Waals surface area contributed by atoms with Crippen molar-refractivity contribution in [1.82, 2.24) is 0 Å². The molecule has 0 heterocycles. The number of hydrogen-bond donors (Lipinski definition) is 2. The van der Waals surface area contributed by atoms with Crippen LogP contribution in [0.1, 0.15) is 49.1 Å². The number of benzene rings is 1. The van der Waals surface area contributed by atoms with Gasteiger partial charge in [-0.1, -0.05) is 53.7 Å². The molecule has 1 aliphatic carbocycles. The van der Waals surface area contributed by atoms with Crippen LogP contribution in [0.25, 0.3) is 0 Å². The van der Waals surface area contributed by atoms with Crippen LogP contribution < -0.4 is 5.73 Å². The Kier molecular flexibility index (Phi) is 5.81. The average molecular weight is 374 g/mol. The summed E-state index contributed by atoms with van der Waals surface area (Å²) in [6.45, 7) is 0. The van der Waals surface area contributed by atoms with Crippen LogP contribution in [0.2, 0.25) is 0 Å². The zero-order valence-electron chi connectivity index (χ0n) is 11.8. The van der Waals surface area contributed by atoms with E-state index in [2.05, 4.69) is 15.9 Å². The molecule has 2 rings (SSSR count). The van der Waals surface area contributed by atoms with Gasteiger partial charge in [0, 0.05) is 4.47 Å². The van der Waals surface area contributed by atoms with Crippen molar-refractivity contribution in [3.63, 3.8) is 0 Å². The maximum absolute atomic E-state index is 11.8. The van der Waals surface area contributed by atoms with E-state index in [1.807, 2.05) is 12.1 Å². The molecule has 0 spiro atoms. The van der Waals surface area contributed by atoms with Gasteiger partial charge in [-0.15, -0.1) is 0 Å². The van der Waals surface area contributed by atoms with Gasteiger partial charge in [-0.3, -0.25) is 4.79 Å². The second-order valence-corrected chi connectivity index (χ2v) is 7.52. The Bertz CT molecular complexity index is 587. The minimum atomic E-state index is -2.46. The third kappa shape index (κ3) is 4.54. The average Bonchev–Trinajstić information content (AvgIpc) is 2.90. The van der Waals surface area contributed by atoms with Crippen LogP contribution in [-0.2, 0) is 21.3 Å². The van der Waals surface area contributed by atoms with Crippen LogP contribution in [0, 0.1) is 5.92 Å². The van der Waals surface area contributed by atoms with Crippen molar-refractivity contribution in [3.8, 4) is 0 Å². The van der Waals surface area contributed by atoms with Gasteiger partial charge >= 0.3 is 0 Å². The summed E-state index contributed by atoms with van der Waals surface area (Å²) >= 11 is 3.39. The van der Waals surface area contributed by atoms with Crippen molar-refractivity contribution in [2.45, 2.75) is 43.8 Å². The molecule has 21 heavy (non-hydrogen) atoms. The van der Waals surface area contributed by atoms with Crippen LogP contribution in [-0.4, -0.2) is 14.3 Å². The first kappa shape index (κ1) is 16.5. The second-order valence-electron chi connectivity index (χ2n) is 5.68. The molecule has 0 saturated heterocycles. The van der Waals surface area contributed by atoms with E-state index in [1.54, 1.807) is 6.07 Å². The molecule has 116 valence electrons. The lowest BCUT2D eigenvalue weighted by Gasteiger charge is -2.19. The van der Waals surface area contributed by atoms with Crippen LogP contribution in [0.5, 0.6) is 0 Å². The van der Waals surface area contributed by atoms with E-state index in [4.69, 9.17) is 5.73 Å². The van der Waals surface area contributed by atoms with E-state index in [0.29, 0.717) is 11.5 Å². The summed E-state index contributed by atoms with van der Waals surface area (Å²) in [6, 6.07) is 5.41. The first-order valence-corrected chi connectivity index (χ1v) is 9.32. The summed E-state index contributed by atoms with van der Waals surface area (Å²) in [5.74, 6) is -0.0342. The smallest absolute Gasteiger partial charge is 0.224 e. The molecule has 1 aromatic rings. The quantitative estimate of drug-likeness (QED) is 0.752. The van der Waals surface area contributed by atoms with Gasteiger partial charge in [0.2, 0.25) is 5.91 Å². The highest BCUT2D eigenvalue weighted by Crippen LogP contribution is 2.35. The lowest BCUT2D eigenvalue weighted by molar-refractivity contribution is -0.119. The Morgan fingerprint density at radius 1 is 1.33 bits per heavy atom. The Morgan fingerprint density at radius 2 is 2.00 bits per heavy atom. The van der Waals surface area contributed by atoms with Gasteiger partial charge in [0.15, 0.2) is 0 Å². The fraction of sp³-hybridized carbons (Fsp3) is 0.533. The maximum Gasteiger partial charge on any atom is 0.224 e. The molecule has 1 amide bonds. The SMILES string of the molecule is NC(=O)C(CC1CCCC1)c1ccc(C[SH](=O)=O)c(Br)c1. The Labute approximate surface area is 135 Å². The first-order valence-electron chi connectivity index (χ1n) is 7.17. The van der Waals surface area contributed by atoms with E-state index in [9.17, 15) is 13.2 Å². The molecular formula is C15H20BrNO3S. The van der Waals surface area contributed by atoms with Crippen LogP contribution in [0.4, 0.5) is 0 Å². The maximum atomic E-state index is 11.8. The minimum Gasteiger partial charge on any atom is -0.369 e. The Hall–Kier alpha value is -0.880. The molecule has 2 N–H and O–H groups in total. The number of nitrogens with two attached hydrogens (primary N) is 1. The first-order chi connectivity index (χ1) is 9.97. The van der Waals surface area contributed by atoms with Gasteiger partial charge in [0.25, 0.3) is 0 Å². The molecule has 0 aliphatic heterocycles. The van der Waals surface area contributed by atoms with Crippen molar-refractivity contribution < 1.29 is 13.2 Å². The molecule has 1 fully saturated rings. The van der Waals surface area contributed by atoms with Crippen molar-refractivity contribution in [1.29, 1.82) is 0 Å². The second kappa shape index (κ2) is 7.40. The number of carbonyl (C=O) groups excluding carboxylic acids is 1. The van der Waals surface area contributed by atoms with E-state index < -0.39 is 10.7 Å². The number of carbonyl (C=O) groups is 1. The number of rotatable bonds is 6. The number of halogens is 1. The van der Waals surface area contributed by atoms with Gasteiger partial charge in [-0.05, 0) is 29.5 Å². The molecule has 1 aliphatic rings. The number of primary amides is 1. The molecule has 0 aromatic heterocycles. The summed E-state index contributed by atoms with van der Waals surface area (Å²) in [5, 5.41) is 0. The molecule has 0 bridgehead atoms. The number of amides is 1. The summed E-state index contributed by atoms with van der Waals surface area (Å²) in [5.41, 5.74) is 7.14. The third-order valence-corrected chi connectivity index (χ3v) is 5.50. The minimum absolute atomic E-state index is 0.0000593. The molecule has 0 radical (unpaired) electrons. The standard InChI is InChI=1S/C15H20BrNO3S/c16-14-8-11(5-6-12(14)9-21(19)20)13(15(17)18)7-10-3-1-2-4-10/h5-6,8,10,13,21H,1-4,7,9H2,(H2,17,18). The topological polar surface area (TPSA) is 77.2 Å². The largest absolute Gasteiger partial charge is 0.369 e. The summed E-state index contributed by atoms with van der Waals surface area (Å²) in [7, 11) is -2.46. The summed E-state index contributed by atoms with van der Waals surface area (Å²) in [6.07, 6.45) is 5.58. The molecule has 1 saturated carbocycles. The predicted octanol–water partition coefficient (Wildman–Crippen LogP) is 2.71. The van der Waals surface area contributed by atoms with E-state index in [-0.39, 0.29) is 17.6 Å². The molecule has 1 unspecified atom stereocenters. The van der Waals surface area contributed by atoms with Gasteiger partial charge in [-0.25, -0.2) is 8.42 Å². The van der Waals surface area contributed by atoms with Crippen molar-refractivity contribution in [2.24, 2.45) is 11.7 Å². The van der Waals surface area contributed by atoms with E-state index in [1.165, 1.54) is 25.7 Å². The van der Waals surface area contributed by atoms with E-state index in [0.717, 1.165) is 16.5 Å². The highest BCUT2D eigenvalue weighted by atomic mass is 79.9. The lowest BCUT2D eigenvalue weighted by Crippen LogP contribution is -2.23. The van der Waals surface area contributed by atoms with E-state index >= 15 is 0 Å². The molecule has 6 heteroatoms. The highest BCUT2D eigenvalue weighted by molar-refractivity contribution is 9.10. The Morgan fingerprint density at radius 3 is 2.52 bits per heavy atom. The van der Waals surface area contributed by atoms with Crippen molar-refractivity contribution in [2.75, 3.05) is 0 Å². The van der Waals surface area contributed by atoms with Crippen LogP contribution in [0.3, 0.4) is 0 Å². The zero-order chi connectivity index (χ0) is 15.4. The fourth-order valence-electron chi connectivity index (χ4n) is 3.04. The van der Waals surface area contributed by atoms with Gasteiger partial charge in [-0.2, -0.15) is 0 Å².